The van der Waals surface area contributed by atoms with E-state index in [4.69, 9.17) is 24.6 Å². The third-order valence-corrected chi connectivity index (χ3v) is 7.64. The zero-order valence-corrected chi connectivity index (χ0v) is 23.6. The van der Waals surface area contributed by atoms with Crippen molar-refractivity contribution >= 4 is 23.6 Å². The van der Waals surface area contributed by atoms with E-state index < -0.39 is 24.3 Å². The van der Waals surface area contributed by atoms with Crippen molar-refractivity contribution in [2.24, 2.45) is 16.5 Å². The minimum absolute atomic E-state index is 0.0433. The maximum Gasteiger partial charge on any atom is 0.490 e. The highest BCUT2D eigenvalue weighted by molar-refractivity contribution is 6.40. The van der Waals surface area contributed by atoms with Gasteiger partial charge in [-0.15, -0.1) is 0 Å². The Morgan fingerprint density at radius 2 is 1.56 bits per heavy atom. The van der Waals surface area contributed by atoms with Crippen LogP contribution in [0.2, 0.25) is 0 Å². The van der Waals surface area contributed by atoms with E-state index in [0.29, 0.717) is 12.3 Å². The van der Waals surface area contributed by atoms with Gasteiger partial charge in [0.1, 0.15) is 6.10 Å². The first-order valence-electron chi connectivity index (χ1n) is 13.8. The Bertz CT molecular complexity index is 1070. The predicted molar refractivity (Wildman–Crippen MR) is 141 cm³/mol. The summed E-state index contributed by atoms with van der Waals surface area (Å²) >= 11 is 0. The number of carbonyl (C=O) groups excluding carboxylic acids is 1. The number of piperidine rings is 1. The van der Waals surface area contributed by atoms with E-state index in [2.05, 4.69) is 27.3 Å². The van der Waals surface area contributed by atoms with E-state index in [-0.39, 0.29) is 23.3 Å². The number of amides is 1. The van der Waals surface area contributed by atoms with Crippen molar-refractivity contribution in [2.45, 2.75) is 76.7 Å². The molecule has 3 heterocycles. The van der Waals surface area contributed by atoms with Crippen molar-refractivity contribution in [3.63, 3.8) is 0 Å². The molecule has 0 bridgehead atoms. The molecule has 242 valence electrons. The summed E-state index contributed by atoms with van der Waals surface area (Å²) in [6, 6.07) is 3.97. The number of nitrogens with one attached hydrogen (secondary N) is 1. The van der Waals surface area contributed by atoms with Gasteiger partial charge in [-0.05, 0) is 81.3 Å². The van der Waals surface area contributed by atoms with Crippen LogP contribution in [-0.4, -0.2) is 88.3 Å². The number of halogens is 6. The second-order valence-electron chi connectivity index (χ2n) is 10.5. The molecule has 1 amide bonds. The molecule has 1 aliphatic carbocycles. The average molecular weight is 627 g/mol. The topological polar surface area (TPSA) is 141 Å². The Balaban J connectivity index is 0.000000384. The number of fused-ring (bicyclic) bond motifs is 2. The summed E-state index contributed by atoms with van der Waals surface area (Å²) in [6.45, 7) is 6.36. The lowest BCUT2D eigenvalue weighted by atomic mass is 9.68. The van der Waals surface area contributed by atoms with Crippen molar-refractivity contribution in [1.82, 2.24) is 15.2 Å². The largest absolute Gasteiger partial charge is 0.490 e. The van der Waals surface area contributed by atoms with Gasteiger partial charge < -0.3 is 25.3 Å². The second kappa shape index (κ2) is 15.9. The summed E-state index contributed by atoms with van der Waals surface area (Å²) in [6.07, 6.45) is 2.70. The number of nitrogens with zero attached hydrogens (tertiary/aromatic N) is 3. The predicted octanol–water partition coefficient (Wildman–Crippen LogP) is 4.44. The molecule has 1 saturated carbocycles. The Kier molecular flexibility index (Phi) is 13.2. The lowest BCUT2D eigenvalue weighted by molar-refractivity contribution is -0.193. The van der Waals surface area contributed by atoms with E-state index in [9.17, 15) is 31.1 Å². The Labute approximate surface area is 244 Å². The highest BCUT2D eigenvalue weighted by Crippen LogP contribution is 2.54. The van der Waals surface area contributed by atoms with Crippen molar-refractivity contribution in [3.05, 3.63) is 30.1 Å². The van der Waals surface area contributed by atoms with Crippen LogP contribution < -0.4 is 5.32 Å². The molecule has 10 nitrogen and oxygen atoms in total. The van der Waals surface area contributed by atoms with Crippen molar-refractivity contribution in [3.8, 4) is 0 Å². The molecular formula is C27H36F6N4O6. The SMILES string of the molecule is CCCCCN1CCC2(CC[C@@H]3ON=C(C(=O)NCCc4ccncc4)[C@@H]32)CC1.O=C(O)C(F)(F)F.O=C(O)C(F)(F)F. The van der Waals surface area contributed by atoms with Gasteiger partial charge in [-0.25, -0.2) is 9.59 Å². The van der Waals surface area contributed by atoms with Crippen LogP contribution in [0.25, 0.3) is 0 Å². The molecule has 1 saturated heterocycles. The van der Waals surface area contributed by atoms with Crippen LogP contribution in [0, 0.1) is 11.3 Å². The number of oxime groups is 1. The maximum absolute atomic E-state index is 12.9. The second-order valence-corrected chi connectivity index (χ2v) is 10.5. The number of pyridine rings is 1. The number of alkyl halides is 6. The number of carboxylic acid groups (broad SMARTS) is 2. The fraction of sp³-hybridized carbons (Fsp3) is 0.667. The normalized spacial score (nSPS) is 20.9. The molecule has 2 atom stereocenters. The molecule has 1 spiro atoms. The number of hydrogen-bond acceptors (Lipinski definition) is 7. The minimum Gasteiger partial charge on any atom is -0.475 e. The van der Waals surface area contributed by atoms with Gasteiger partial charge in [-0.2, -0.15) is 26.3 Å². The molecule has 3 N–H and O–H groups in total. The molecule has 0 aromatic carbocycles. The first-order valence-corrected chi connectivity index (χ1v) is 13.8. The number of carboxylic acids is 2. The van der Waals surface area contributed by atoms with E-state index in [1.54, 1.807) is 12.4 Å². The molecule has 16 heteroatoms. The molecule has 0 unspecified atom stereocenters. The average Bonchev–Trinajstić information content (AvgIpc) is 3.52. The fourth-order valence-corrected chi connectivity index (χ4v) is 5.42. The van der Waals surface area contributed by atoms with Crippen LogP contribution in [0.1, 0.15) is 57.4 Å². The van der Waals surface area contributed by atoms with Gasteiger partial charge >= 0.3 is 24.3 Å². The van der Waals surface area contributed by atoms with E-state index in [1.165, 1.54) is 31.4 Å². The molecule has 2 fully saturated rings. The number of rotatable bonds is 8. The highest BCUT2D eigenvalue weighted by atomic mass is 19.4. The quantitative estimate of drug-likeness (QED) is 0.284. The minimum atomic E-state index is -5.08. The lowest BCUT2D eigenvalue weighted by Crippen LogP contribution is -2.48. The number of carbonyl (C=O) groups is 3. The van der Waals surface area contributed by atoms with Crippen LogP contribution in [0.5, 0.6) is 0 Å². The van der Waals surface area contributed by atoms with Gasteiger partial charge in [0.25, 0.3) is 5.91 Å². The van der Waals surface area contributed by atoms with Crippen molar-refractivity contribution in [2.75, 3.05) is 26.2 Å². The first kappa shape index (κ1) is 35.8. The van der Waals surface area contributed by atoms with E-state index in [0.717, 1.165) is 45.2 Å². The molecule has 43 heavy (non-hydrogen) atoms. The van der Waals surface area contributed by atoms with Crippen LogP contribution in [0.15, 0.2) is 29.7 Å². The smallest absolute Gasteiger partial charge is 0.475 e. The third kappa shape index (κ3) is 11.0. The number of hydrogen-bond donors (Lipinski definition) is 3. The van der Waals surface area contributed by atoms with Gasteiger partial charge in [0.05, 0.1) is 5.92 Å². The van der Waals surface area contributed by atoms with Crippen LogP contribution in [0.3, 0.4) is 0 Å². The van der Waals surface area contributed by atoms with Crippen molar-refractivity contribution in [1.29, 1.82) is 0 Å². The summed E-state index contributed by atoms with van der Waals surface area (Å²) < 4.78 is 63.5. The Morgan fingerprint density at radius 1 is 1.00 bits per heavy atom. The first-order chi connectivity index (χ1) is 20.1. The van der Waals surface area contributed by atoms with Crippen LogP contribution in [-0.2, 0) is 25.6 Å². The standard InChI is InChI=1S/C23H34N4O2.2C2HF3O2/c1-2-3-4-15-27-16-10-23(11-17-27)9-5-19-20(23)21(26-29-19)22(28)25-14-8-18-6-12-24-13-7-18;2*3-2(4,5)1(6)7/h6-7,12-13,19-20H,2-5,8-11,14-17H2,1H3,(H,25,28);2*(H,6,7)/t19-,20+;;/m0../s1. The molecule has 2 aliphatic heterocycles. The van der Waals surface area contributed by atoms with Gasteiger partial charge in [-0.1, -0.05) is 24.9 Å². The monoisotopic (exact) mass is 626 g/mol. The van der Waals surface area contributed by atoms with E-state index in [1.807, 2.05) is 12.1 Å². The molecule has 1 aromatic heterocycles. The lowest BCUT2D eigenvalue weighted by Gasteiger charge is -2.42. The highest BCUT2D eigenvalue weighted by Gasteiger charge is 2.56. The number of unbranched alkanes of at least 4 members (excludes halogenated alkanes) is 2. The Hall–Kier alpha value is -3.43. The molecule has 1 aromatic rings. The fourth-order valence-electron chi connectivity index (χ4n) is 5.42. The molecule has 3 aliphatic rings. The van der Waals surface area contributed by atoms with E-state index >= 15 is 0 Å². The number of aliphatic carboxylic acids is 2. The summed E-state index contributed by atoms with van der Waals surface area (Å²) in [5.74, 6) is -5.39. The number of aromatic nitrogens is 1. The maximum atomic E-state index is 12.9. The zero-order chi connectivity index (χ0) is 32.3. The zero-order valence-electron chi connectivity index (χ0n) is 23.6. The van der Waals surface area contributed by atoms with Gasteiger partial charge in [-0.3, -0.25) is 9.78 Å². The van der Waals surface area contributed by atoms with Crippen LogP contribution in [0.4, 0.5) is 26.3 Å². The molecular weight excluding hydrogens is 590 g/mol. The van der Waals surface area contributed by atoms with Gasteiger partial charge in [0, 0.05) is 18.9 Å². The number of likely N-dealkylation sites (tertiary alicyclic amines) is 1. The molecule has 4 rings (SSSR count). The summed E-state index contributed by atoms with van der Waals surface area (Å²) in [5, 5.41) is 21.6. The summed E-state index contributed by atoms with van der Waals surface area (Å²) in [7, 11) is 0. The third-order valence-electron chi connectivity index (χ3n) is 7.64. The summed E-state index contributed by atoms with van der Waals surface area (Å²) in [5.41, 5.74) is 2.01. The Morgan fingerprint density at radius 3 is 2.07 bits per heavy atom. The van der Waals surface area contributed by atoms with Gasteiger partial charge in [0.15, 0.2) is 5.71 Å². The van der Waals surface area contributed by atoms with Crippen LogP contribution >= 0.6 is 0 Å². The summed E-state index contributed by atoms with van der Waals surface area (Å²) in [4.78, 5) is 43.0. The molecule has 0 radical (unpaired) electrons. The van der Waals surface area contributed by atoms with Crippen molar-refractivity contribution < 1.29 is 55.8 Å². The van der Waals surface area contributed by atoms with Gasteiger partial charge in [0.2, 0.25) is 0 Å².